The molecule has 1 heterocycles. The maximum atomic E-state index is 13.1. The van der Waals surface area contributed by atoms with Crippen LogP contribution in [-0.2, 0) is 6.54 Å². The van der Waals surface area contributed by atoms with E-state index in [4.69, 9.17) is 0 Å². The molecule has 1 aromatic rings. The smallest absolute Gasteiger partial charge is 0.405 e. The average molecular weight is 293 g/mol. The van der Waals surface area contributed by atoms with E-state index < -0.39 is 24.0 Å². The van der Waals surface area contributed by atoms with Gasteiger partial charge in [-0.15, -0.1) is 13.2 Å². The molecule has 3 nitrogen and oxygen atoms in total. The van der Waals surface area contributed by atoms with Crippen molar-refractivity contribution in [3.8, 4) is 5.75 Å². The highest BCUT2D eigenvalue weighted by Gasteiger charge is 2.32. The van der Waals surface area contributed by atoms with Gasteiger partial charge in [0.25, 0.3) is 0 Å². The van der Waals surface area contributed by atoms with Gasteiger partial charge in [-0.2, -0.15) is 0 Å². The van der Waals surface area contributed by atoms with Gasteiger partial charge in [-0.05, 0) is 25.5 Å². The third-order valence-electron chi connectivity index (χ3n) is 3.13. The number of hydrogen-bond acceptors (Lipinski definition) is 3. The van der Waals surface area contributed by atoms with Crippen LogP contribution in [0.4, 0.5) is 17.6 Å². The molecule has 112 valence electrons. The van der Waals surface area contributed by atoms with E-state index in [9.17, 15) is 22.7 Å². The summed E-state index contributed by atoms with van der Waals surface area (Å²) in [6.07, 6.45) is -3.87. The van der Waals surface area contributed by atoms with Crippen LogP contribution in [0.5, 0.6) is 5.75 Å². The van der Waals surface area contributed by atoms with Crippen molar-refractivity contribution >= 4 is 0 Å². The minimum absolute atomic E-state index is 0.183. The number of β-amino-alcohol motifs (C(OH)–C–C–N with tert-alkyl or cyclic N) is 1. The van der Waals surface area contributed by atoms with Crippen LogP contribution in [0.1, 0.15) is 18.4 Å². The van der Waals surface area contributed by atoms with E-state index in [0.29, 0.717) is 19.5 Å². The first kappa shape index (κ1) is 15.1. The Kier molecular flexibility index (Phi) is 4.49. The molecule has 1 aliphatic heterocycles. The number of likely N-dealkylation sites (tertiary alicyclic amines) is 1. The molecule has 1 atom stereocenters. The predicted molar refractivity (Wildman–Crippen MR) is 63.6 cm³/mol. The van der Waals surface area contributed by atoms with Crippen molar-refractivity contribution in [1.29, 1.82) is 0 Å². The lowest BCUT2D eigenvalue weighted by Gasteiger charge is -2.30. The number of piperidine rings is 1. The number of aliphatic hydroxyl groups is 1. The van der Waals surface area contributed by atoms with Gasteiger partial charge in [0.15, 0.2) is 0 Å². The molecule has 1 saturated heterocycles. The highest BCUT2D eigenvalue weighted by molar-refractivity contribution is 5.34. The summed E-state index contributed by atoms with van der Waals surface area (Å²) in [4.78, 5) is 1.82. The molecule has 2 rings (SSSR count). The fraction of sp³-hybridized carbons (Fsp3) is 0.538. The van der Waals surface area contributed by atoms with Gasteiger partial charge in [0.2, 0.25) is 0 Å². The van der Waals surface area contributed by atoms with Crippen LogP contribution in [-0.4, -0.2) is 35.6 Å². The van der Waals surface area contributed by atoms with Gasteiger partial charge in [-0.3, -0.25) is 4.90 Å². The topological polar surface area (TPSA) is 32.7 Å². The molecule has 7 heteroatoms. The molecule has 1 aliphatic rings. The van der Waals surface area contributed by atoms with Crippen molar-refractivity contribution in [1.82, 2.24) is 4.90 Å². The summed E-state index contributed by atoms with van der Waals surface area (Å²) in [5.74, 6) is -1.32. The molecular formula is C13H15F4NO2. The standard InChI is InChI=1S/C13H15F4NO2/c14-10-4-3-9(12(6-10)20-13(15,16)17)7-18-5-1-2-11(19)8-18/h3-4,6,11,19H,1-2,5,7-8H2. The van der Waals surface area contributed by atoms with E-state index in [-0.39, 0.29) is 12.1 Å². The number of alkyl halides is 3. The monoisotopic (exact) mass is 293 g/mol. The molecule has 0 spiro atoms. The molecule has 1 aromatic carbocycles. The minimum atomic E-state index is -4.86. The fourth-order valence-corrected chi connectivity index (χ4v) is 2.29. The number of nitrogens with zero attached hydrogens (tertiary/aromatic N) is 1. The molecule has 20 heavy (non-hydrogen) atoms. The number of rotatable bonds is 3. The maximum absolute atomic E-state index is 13.1. The molecule has 0 saturated carbocycles. The predicted octanol–water partition coefficient (Wildman–Crippen LogP) is 2.68. The first-order valence-electron chi connectivity index (χ1n) is 6.28. The van der Waals surface area contributed by atoms with Crippen molar-refractivity contribution < 1.29 is 27.4 Å². The molecule has 0 radical (unpaired) electrons. The molecule has 1 unspecified atom stereocenters. The Bertz CT molecular complexity index is 464. The lowest BCUT2D eigenvalue weighted by Crippen LogP contribution is -2.37. The number of halogens is 4. The Morgan fingerprint density at radius 3 is 2.75 bits per heavy atom. The quantitative estimate of drug-likeness (QED) is 0.870. The highest BCUT2D eigenvalue weighted by Crippen LogP contribution is 2.28. The van der Waals surface area contributed by atoms with Crippen molar-refractivity contribution in [3.63, 3.8) is 0 Å². The van der Waals surface area contributed by atoms with Gasteiger partial charge in [0, 0.05) is 24.7 Å². The van der Waals surface area contributed by atoms with E-state index in [1.54, 1.807) is 0 Å². The molecule has 0 bridgehead atoms. The zero-order valence-electron chi connectivity index (χ0n) is 10.7. The van der Waals surface area contributed by atoms with Crippen molar-refractivity contribution in [2.24, 2.45) is 0 Å². The zero-order valence-corrected chi connectivity index (χ0v) is 10.7. The second kappa shape index (κ2) is 5.97. The summed E-state index contributed by atoms with van der Waals surface area (Å²) in [6.45, 7) is 1.26. The van der Waals surface area contributed by atoms with E-state index >= 15 is 0 Å². The SMILES string of the molecule is OC1CCCN(Cc2ccc(F)cc2OC(F)(F)F)C1. The third kappa shape index (κ3) is 4.35. The molecule has 0 amide bonds. The highest BCUT2D eigenvalue weighted by atomic mass is 19.4. The summed E-state index contributed by atoms with van der Waals surface area (Å²) in [5, 5.41) is 9.54. The first-order valence-corrected chi connectivity index (χ1v) is 6.28. The van der Waals surface area contributed by atoms with Crippen LogP contribution in [0.15, 0.2) is 18.2 Å². The lowest BCUT2D eigenvalue weighted by atomic mass is 10.1. The normalized spacial score (nSPS) is 20.9. The van der Waals surface area contributed by atoms with Gasteiger partial charge < -0.3 is 9.84 Å². The third-order valence-corrected chi connectivity index (χ3v) is 3.13. The molecule has 1 fully saturated rings. The second-order valence-electron chi connectivity index (χ2n) is 4.83. The van der Waals surface area contributed by atoms with E-state index in [1.807, 2.05) is 4.90 Å². The van der Waals surface area contributed by atoms with Crippen LogP contribution < -0.4 is 4.74 Å². The summed E-state index contributed by atoms with van der Waals surface area (Å²) in [5.41, 5.74) is 0.248. The van der Waals surface area contributed by atoms with Crippen molar-refractivity contribution in [2.45, 2.75) is 31.9 Å². The summed E-state index contributed by atoms with van der Waals surface area (Å²) >= 11 is 0. The number of benzene rings is 1. The van der Waals surface area contributed by atoms with Gasteiger partial charge in [0.1, 0.15) is 11.6 Å². The van der Waals surface area contributed by atoms with E-state index in [1.165, 1.54) is 6.07 Å². The largest absolute Gasteiger partial charge is 0.573 e. The Hall–Kier alpha value is -1.34. The number of ether oxygens (including phenoxy) is 1. The van der Waals surface area contributed by atoms with Crippen LogP contribution in [0.3, 0.4) is 0 Å². The van der Waals surface area contributed by atoms with E-state index in [0.717, 1.165) is 18.6 Å². The van der Waals surface area contributed by atoms with E-state index in [2.05, 4.69) is 4.74 Å². The van der Waals surface area contributed by atoms with Crippen LogP contribution in [0.2, 0.25) is 0 Å². The maximum Gasteiger partial charge on any atom is 0.573 e. The van der Waals surface area contributed by atoms with Crippen LogP contribution in [0.25, 0.3) is 0 Å². The van der Waals surface area contributed by atoms with Crippen LogP contribution >= 0.6 is 0 Å². The number of hydrogen-bond donors (Lipinski definition) is 1. The molecule has 1 N–H and O–H groups in total. The van der Waals surface area contributed by atoms with Gasteiger partial charge >= 0.3 is 6.36 Å². The summed E-state index contributed by atoms with van der Waals surface area (Å²) in [6, 6.07) is 3.10. The minimum Gasteiger partial charge on any atom is -0.405 e. The molecule has 0 aromatic heterocycles. The number of aliphatic hydroxyl groups excluding tert-OH is 1. The van der Waals surface area contributed by atoms with Crippen molar-refractivity contribution in [2.75, 3.05) is 13.1 Å². The van der Waals surface area contributed by atoms with Crippen LogP contribution in [0, 0.1) is 5.82 Å². The Morgan fingerprint density at radius 1 is 1.35 bits per heavy atom. The van der Waals surface area contributed by atoms with Crippen molar-refractivity contribution in [3.05, 3.63) is 29.6 Å². The second-order valence-corrected chi connectivity index (χ2v) is 4.83. The Balaban J connectivity index is 2.13. The summed E-state index contributed by atoms with van der Waals surface area (Å²) in [7, 11) is 0. The summed E-state index contributed by atoms with van der Waals surface area (Å²) < 4.78 is 53.8. The lowest BCUT2D eigenvalue weighted by molar-refractivity contribution is -0.275. The Labute approximate surface area is 113 Å². The average Bonchev–Trinajstić information content (AvgIpc) is 2.31. The van der Waals surface area contributed by atoms with Gasteiger partial charge in [0.05, 0.1) is 6.10 Å². The fourth-order valence-electron chi connectivity index (χ4n) is 2.29. The first-order chi connectivity index (χ1) is 9.33. The molecule has 0 aliphatic carbocycles. The van der Waals surface area contributed by atoms with Gasteiger partial charge in [-0.25, -0.2) is 4.39 Å². The van der Waals surface area contributed by atoms with Gasteiger partial charge in [-0.1, -0.05) is 6.07 Å². The Morgan fingerprint density at radius 2 is 2.10 bits per heavy atom. The molecular weight excluding hydrogens is 278 g/mol. The zero-order chi connectivity index (χ0) is 14.8.